The number of aliphatic hydroxyl groups is 3. The summed E-state index contributed by atoms with van der Waals surface area (Å²) in [6.07, 6.45) is -0.253. The van der Waals surface area contributed by atoms with Gasteiger partial charge in [0.25, 0.3) is 5.91 Å². The highest BCUT2D eigenvalue weighted by atomic mass is 16.6. The molecule has 0 bridgehead atoms. The van der Waals surface area contributed by atoms with Crippen LogP contribution in [0.25, 0.3) is 0 Å². The molecule has 0 spiro atoms. The van der Waals surface area contributed by atoms with E-state index >= 15 is 0 Å². The summed E-state index contributed by atoms with van der Waals surface area (Å²) in [6, 6.07) is 6.19. The summed E-state index contributed by atoms with van der Waals surface area (Å²) in [7, 11) is 0. The van der Waals surface area contributed by atoms with E-state index in [9.17, 15) is 19.8 Å². The van der Waals surface area contributed by atoms with Gasteiger partial charge in [0.15, 0.2) is 5.54 Å². The zero-order valence-electron chi connectivity index (χ0n) is 20.7. The molecular formula is C24H37N3O8. The Bertz CT molecular complexity index is 865. The van der Waals surface area contributed by atoms with Crippen molar-refractivity contribution in [3.63, 3.8) is 0 Å². The van der Waals surface area contributed by atoms with Gasteiger partial charge in [-0.25, -0.2) is 10.4 Å². The van der Waals surface area contributed by atoms with Crippen LogP contribution in [-0.2, 0) is 19.1 Å². The predicted octanol–water partition coefficient (Wildman–Crippen LogP) is 0.448. The van der Waals surface area contributed by atoms with Crippen molar-refractivity contribution in [2.45, 2.75) is 70.2 Å². The van der Waals surface area contributed by atoms with Crippen molar-refractivity contribution >= 4 is 17.8 Å². The van der Waals surface area contributed by atoms with E-state index in [1.54, 1.807) is 52.0 Å². The summed E-state index contributed by atoms with van der Waals surface area (Å²) in [5.74, 6) is -0.188. The largest absolute Gasteiger partial charge is 0.494 e. The molecule has 1 aromatic rings. The number of hydrogen-bond donors (Lipinski definition) is 5. The van der Waals surface area contributed by atoms with Gasteiger partial charge in [0.2, 0.25) is 5.90 Å². The van der Waals surface area contributed by atoms with Crippen molar-refractivity contribution < 1.29 is 39.1 Å². The number of hydrogen-bond acceptors (Lipinski definition) is 10. The van der Waals surface area contributed by atoms with Gasteiger partial charge in [-0.05, 0) is 58.4 Å². The first-order chi connectivity index (χ1) is 16.5. The van der Waals surface area contributed by atoms with Crippen LogP contribution in [0.5, 0.6) is 5.75 Å². The van der Waals surface area contributed by atoms with Crippen molar-refractivity contribution in [3.05, 3.63) is 29.8 Å². The van der Waals surface area contributed by atoms with E-state index < -0.39 is 48.4 Å². The quantitative estimate of drug-likeness (QED) is 0.149. The fraction of sp³-hybridized carbons (Fsp3) is 0.625. The van der Waals surface area contributed by atoms with Crippen molar-refractivity contribution in [3.8, 4) is 5.75 Å². The average molecular weight is 496 g/mol. The molecule has 2 atom stereocenters. The number of aliphatic hydroxyl groups excluding tert-OH is 3. The number of benzene rings is 1. The number of nitrogens with zero attached hydrogens (tertiary/aromatic N) is 1. The van der Waals surface area contributed by atoms with Crippen LogP contribution in [0.4, 0.5) is 0 Å². The van der Waals surface area contributed by atoms with Crippen LogP contribution in [0.2, 0.25) is 0 Å². The molecule has 1 amide bonds. The van der Waals surface area contributed by atoms with Crippen LogP contribution in [0.3, 0.4) is 0 Å². The van der Waals surface area contributed by atoms with E-state index in [4.69, 9.17) is 19.3 Å². The topological polar surface area (TPSA) is 159 Å². The van der Waals surface area contributed by atoms with Crippen molar-refractivity contribution in [2.75, 3.05) is 26.4 Å². The number of nitrogens with one attached hydrogen (secondary N) is 2. The minimum atomic E-state index is -1.45. The minimum Gasteiger partial charge on any atom is -0.494 e. The fourth-order valence-electron chi connectivity index (χ4n) is 3.36. The molecule has 5 N–H and O–H groups in total. The Labute approximate surface area is 205 Å². The fourth-order valence-corrected chi connectivity index (χ4v) is 3.36. The molecule has 0 fully saturated rings. The van der Waals surface area contributed by atoms with Crippen LogP contribution >= 0.6 is 0 Å². The Morgan fingerprint density at radius 2 is 1.83 bits per heavy atom. The summed E-state index contributed by atoms with van der Waals surface area (Å²) in [4.78, 5) is 30.3. The molecule has 1 aromatic carbocycles. The molecular weight excluding hydrogens is 458 g/mol. The molecule has 0 aliphatic carbocycles. The van der Waals surface area contributed by atoms with Gasteiger partial charge in [-0.15, -0.1) is 0 Å². The smallest absolute Gasteiger partial charge is 0.306 e. The molecule has 1 heterocycles. The van der Waals surface area contributed by atoms with E-state index in [2.05, 4.69) is 15.8 Å². The third-order valence-electron chi connectivity index (χ3n) is 5.29. The molecule has 11 heteroatoms. The lowest BCUT2D eigenvalue weighted by atomic mass is 9.88. The number of ether oxygens (including phenoxy) is 3. The summed E-state index contributed by atoms with van der Waals surface area (Å²) in [6.45, 7) is 6.60. The zero-order valence-corrected chi connectivity index (χ0v) is 20.7. The van der Waals surface area contributed by atoms with Crippen LogP contribution in [-0.4, -0.2) is 82.8 Å². The lowest BCUT2D eigenvalue weighted by Crippen LogP contribution is -2.58. The minimum absolute atomic E-state index is 0.0192. The molecule has 196 valence electrons. The summed E-state index contributed by atoms with van der Waals surface area (Å²) in [5.41, 5.74) is 3.57. The van der Waals surface area contributed by atoms with Gasteiger partial charge < -0.3 is 29.5 Å². The molecule has 0 saturated heterocycles. The molecule has 0 aromatic heterocycles. The van der Waals surface area contributed by atoms with Gasteiger partial charge in [0.05, 0.1) is 25.9 Å². The SMILES string of the molecule is C[C@@H]1OC(c2ccc(OCCCO)cc2)=N[C@]1(CCC(=O)OC(C)(C)C)C(=O)NNC(CO)CO. The van der Waals surface area contributed by atoms with Crippen LogP contribution < -0.4 is 15.6 Å². The number of rotatable bonds is 13. The standard InChI is InChI=1S/C24H37N3O8/c1-16-24(11-10-20(31)35-23(2,3)4,22(32)27-26-18(14-29)15-30)25-21(34-16)17-6-8-19(9-7-17)33-13-5-12-28/h6-9,16,18,26,28-30H,5,10-15H2,1-4H3,(H,27,32)/t16-,24-/m0/s1. The van der Waals surface area contributed by atoms with Crippen LogP contribution in [0, 0.1) is 0 Å². The van der Waals surface area contributed by atoms with Gasteiger partial charge in [0, 0.05) is 25.0 Å². The average Bonchev–Trinajstić information content (AvgIpc) is 3.15. The lowest BCUT2D eigenvalue weighted by Gasteiger charge is -2.29. The van der Waals surface area contributed by atoms with E-state index in [-0.39, 0.29) is 25.3 Å². The van der Waals surface area contributed by atoms with Crippen molar-refractivity contribution in [1.82, 2.24) is 10.9 Å². The molecule has 0 radical (unpaired) electrons. The zero-order chi connectivity index (χ0) is 26.1. The highest BCUT2D eigenvalue weighted by molar-refractivity contribution is 6.00. The molecule has 0 saturated carbocycles. The first kappa shape index (κ1) is 28.5. The van der Waals surface area contributed by atoms with Crippen molar-refractivity contribution in [2.24, 2.45) is 4.99 Å². The van der Waals surface area contributed by atoms with Crippen LogP contribution in [0.15, 0.2) is 29.3 Å². The van der Waals surface area contributed by atoms with Gasteiger partial charge in [-0.3, -0.25) is 15.0 Å². The number of carbonyl (C=O) groups excluding carboxylic acids is 2. The van der Waals surface area contributed by atoms with E-state index in [1.165, 1.54) is 0 Å². The highest BCUT2D eigenvalue weighted by Crippen LogP contribution is 2.33. The maximum Gasteiger partial charge on any atom is 0.306 e. The molecule has 35 heavy (non-hydrogen) atoms. The van der Waals surface area contributed by atoms with E-state index in [0.717, 1.165) is 0 Å². The first-order valence-corrected chi connectivity index (χ1v) is 11.6. The number of aliphatic imine (C=N–C) groups is 1. The van der Waals surface area contributed by atoms with Gasteiger partial charge in [-0.2, -0.15) is 0 Å². The Hall–Kier alpha value is -2.73. The lowest BCUT2D eigenvalue weighted by molar-refractivity contribution is -0.155. The van der Waals surface area contributed by atoms with E-state index in [0.29, 0.717) is 24.3 Å². The Balaban J connectivity index is 2.26. The number of hydrazine groups is 1. The summed E-state index contributed by atoms with van der Waals surface area (Å²) in [5, 5.41) is 27.4. The van der Waals surface area contributed by atoms with Crippen molar-refractivity contribution in [1.29, 1.82) is 0 Å². The summed E-state index contributed by atoms with van der Waals surface area (Å²) >= 11 is 0. The molecule has 0 unspecified atom stereocenters. The van der Waals surface area contributed by atoms with Crippen LogP contribution in [0.1, 0.15) is 52.5 Å². The molecule has 1 aliphatic heterocycles. The van der Waals surface area contributed by atoms with E-state index in [1.807, 2.05) is 0 Å². The third-order valence-corrected chi connectivity index (χ3v) is 5.29. The normalized spacial score (nSPS) is 19.8. The van der Waals surface area contributed by atoms with Gasteiger partial charge in [-0.1, -0.05) is 0 Å². The second-order valence-corrected chi connectivity index (χ2v) is 9.30. The Morgan fingerprint density at radius 1 is 1.17 bits per heavy atom. The number of carbonyl (C=O) groups is 2. The number of esters is 1. The maximum absolute atomic E-state index is 13.3. The highest BCUT2D eigenvalue weighted by Gasteiger charge is 2.50. The monoisotopic (exact) mass is 495 g/mol. The van der Waals surface area contributed by atoms with Gasteiger partial charge >= 0.3 is 5.97 Å². The Morgan fingerprint density at radius 3 is 2.40 bits per heavy atom. The Kier molecular flexibility index (Phi) is 10.4. The third kappa shape index (κ3) is 8.17. The predicted molar refractivity (Wildman–Crippen MR) is 128 cm³/mol. The summed E-state index contributed by atoms with van der Waals surface area (Å²) < 4.78 is 16.9. The number of amides is 1. The first-order valence-electron chi connectivity index (χ1n) is 11.6. The molecule has 2 rings (SSSR count). The molecule has 11 nitrogen and oxygen atoms in total. The maximum atomic E-state index is 13.3. The second-order valence-electron chi connectivity index (χ2n) is 9.30. The molecule has 1 aliphatic rings. The second kappa shape index (κ2) is 12.8. The van der Waals surface area contributed by atoms with Gasteiger partial charge in [0.1, 0.15) is 17.5 Å².